The Morgan fingerprint density at radius 3 is 2.68 bits per heavy atom. The highest BCUT2D eigenvalue weighted by molar-refractivity contribution is 5.25. The number of hydrogen-bond acceptors (Lipinski definition) is 2. The Morgan fingerprint density at radius 2 is 2.09 bits per heavy atom. The lowest BCUT2D eigenvalue weighted by atomic mass is 9.47. The van der Waals surface area contributed by atoms with Gasteiger partial charge in [-0.05, 0) is 44.4 Å². The molecule has 0 aromatic carbocycles. The molecule has 2 N–H and O–H groups in total. The molecule has 2 rings (SSSR count). The van der Waals surface area contributed by atoms with Crippen LogP contribution in [0.4, 0.5) is 0 Å². The summed E-state index contributed by atoms with van der Waals surface area (Å²) in [5.41, 5.74) is 2.27. The van der Waals surface area contributed by atoms with Crippen LogP contribution < -0.4 is 0 Å². The van der Waals surface area contributed by atoms with Crippen LogP contribution >= 0.6 is 0 Å². The van der Waals surface area contributed by atoms with E-state index in [9.17, 15) is 10.2 Å². The fraction of sp³-hybridized carbons (Fsp3) is 0.700. The normalized spacial score (nSPS) is 38.2. The van der Waals surface area contributed by atoms with E-state index in [1.54, 1.807) is 0 Å². The molecule has 0 bridgehead atoms. The van der Waals surface area contributed by atoms with Crippen LogP contribution in [0.1, 0.15) is 53.4 Å². The molecule has 0 amide bonds. The van der Waals surface area contributed by atoms with E-state index < -0.39 is 6.10 Å². The SMILES string of the molecule is C=C/C(C)=C/C[C@H]1C(C)=CC(O)[C@H]2C(C)(C)CCC[C@]12CO. The van der Waals surface area contributed by atoms with E-state index in [2.05, 4.69) is 40.3 Å². The quantitative estimate of drug-likeness (QED) is 0.602. The molecular formula is C20H32O2. The molecule has 2 nitrogen and oxygen atoms in total. The third-order valence-corrected chi connectivity index (χ3v) is 6.24. The Labute approximate surface area is 135 Å². The number of fused-ring (bicyclic) bond motifs is 1. The largest absolute Gasteiger partial charge is 0.396 e. The zero-order valence-electron chi connectivity index (χ0n) is 14.6. The maximum atomic E-state index is 10.7. The van der Waals surface area contributed by atoms with Gasteiger partial charge in [0.1, 0.15) is 0 Å². The van der Waals surface area contributed by atoms with Crippen molar-refractivity contribution in [3.05, 3.63) is 36.0 Å². The van der Waals surface area contributed by atoms with Gasteiger partial charge in [-0.15, -0.1) is 0 Å². The molecule has 2 heteroatoms. The summed E-state index contributed by atoms with van der Waals surface area (Å²) in [4.78, 5) is 0. The van der Waals surface area contributed by atoms with Crippen LogP contribution in [-0.2, 0) is 0 Å². The van der Waals surface area contributed by atoms with Gasteiger partial charge in [-0.1, -0.05) is 56.2 Å². The Balaban J connectivity index is 2.46. The summed E-state index contributed by atoms with van der Waals surface area (Å²) in [6.45, 7) is 12.7. The molecule has 4 atom stereocenters. The van der Waals surface area contributed by atoms with Crippen molar-refractivity contribution in [2.75, 3.05) is 6.61 Å². The Bertz CT molecular complexity index is 486. The summed E-state index contributed by atoms with van der Waals surface area (Å²) in [7, 11) is 0. The molecule has 0 saturated heterocycles. The van der Waals surface area contributed by atoms with Crippen LogP contribution in [0.3, 0.4) is 0 Å². The highest BCUT2D eigenvalue weighted by Crippen LogP contribution is 2.60. The summed E-state index contributed by atoms with van der Waals surface area (Å²) in [5.74, 6) is 0.435. The van der Waals surface area contributed by atoms with Crippen molar-refractivity contribution < 1.29 is 10.2 Å². The smallest absolute Gasteiger partial charge is 0.0763 e. The van der Waals surface area contributed by atoms with Crippen molar-refractivity contribution >= 4 is 0 Å². The second-order valence-corrected chi connectivity index (χ2v) is 8.05. The van der Waals surface area contributed by atoms with Gasteiger partial charge in [0.25, 0.3) is 0 Å². The number of hydrogen-bond donors (Lipinski definition) is 2. The highest BCUT2D eigenvalue weighted by Gasteiger charge is 2.57. The standard InChI is InChI=1S/C20H32O2/c1-6-14(2)8-9-16-15(3)12-17(22)18-19(4,5)10-7-11-20(16,18)13-21/h6,8,12,16-18,21-22H,1,7,9-11,13H2,2-5H3/b14-8+/t16-,17?,18-,20-/m0/s1. The predicted octanol–water partition coefficient (Wildman–Crippen LogP) is 4.25. The van der Waals surface area contributed by atoms with Gasteiger partial charge in [-0.2, -0.15) is 0 Å². The van der Waals surface area contributed by atoms with Crippen molar-refractivity contribution in [3.8, 4) is 0 Å². The summed E-state index contributed by atoms with van der Waals surface area (Å²) in [6.07, 6.45) is 9.87. The lowest BCUT2D eigenvalue weighted by Crippen LogP contribution is -2.57. The van der Waals surface area contributed by atoms with Crippen LogP contribution in [0.25, 0.3) is 0 Å². The maximum Gasteiger partial charge on any atom is 0.0763 e. The van der Waals surface area contributed by atoms with Gasteiger partial charge in [0, 0.05) is 17.9 Å². The monoisotopic (exact) mass is 304 g/mol. The Hall–Kier alpha value is -0.860. The molecule has 1 saturated carbocycles. The summed E-state index contributed by atoms with van der Waals surface area (Å²) < 4.78 is 0. The van der Waals surface area contributed by atoms with Gasteiger partial charge in [-0.25, -0.2) is 0 Å². The van der Waals surface area contributed by atoms with Crippen LogP contribution in [0.5, 0.6) is 0 Å². The van der Waals surface area contributed by atoms with E-state index in [1.165, 1.54) is 11.1 Å². The van der Waals surface area contributed by atoms with Gasteiger partial charge in [0.05, 0.1) is 6.10 Å². The van der Waals surface area contributed by atoms with Crippen molar-refractivity contribution in [1.29, 1.82) is 0 Å². The van der Waals surface area contributed by atoms with Gasteiger partial charge >= 0.3 is 0 Å². The van der Waals surface area contributed by atoms with E-state index in [0.717, 1.165) is 25.7 Å². The minimum atomic E-state index is -0.441. The average Bonchev–Trinajstić information content (AvgIpc) is 2.44. The van der Waals surface area contributed by atoms with E-state index >= 15 is 0 Å². The molecule has 1 fully saturated rings. The van der Waals surface area contributed by atoms with Crippen LogP contribution in [-0.4, -0.2) is 22.9 Å². The summed E-state index contributed by atoms with van der Waals surface area (Å²) in [6, 6.07) is 0. The predicted molar refractivity (Wildman–Crippen MR) is 92.5 cm³/mol. The zero-order valence-corrected chi connectivity index (χ0v) is 14.6. The fourth-order valence-corrected chi connectivity index (χ4v) is 5.19. The molecule has 0 radical (unpaired) electrons. The van der Waals surface area contributed by atoms with Gasteiger partial charge in [0.15, 0.2) is 0 Å². The molecule has 0 aliphatic heterocycles. The first kappa shape index (κ1) is 17.5. The molecule has 0 aromatic rings. The van der Waals surface area contributed by atoms with Crippen molar-refractivity contribution in [2.45, 2.75) is 59.5 Å². The topological polar surface area (TPSA) is 40.5 Å². The van der Waals surface area contributed by atoms with E-state index in [-0.39, 0.29) is 23.4 Å². The highest BCUT2D eigenvalue weighted by atomic mass is 16.3. The van der Waals surface area contributed by atoms with Crippen LogP contribution in [0, 0.1) is 22.7 Å². The van der Waals surface area contributed by atoms with Crippen molar-refractivity contribution in [1.82, 2.24) is 0 Å². The number of allylic oxidation sites excluding steroid dienone is 4. The third-order valence-electron chi connectivity index (χ3n) is 6.24. The molecule has 1 unspecified atom stereocenters. The molecule has 2 aliphatic carbocycles. The minimum Gasteiger partial charge on any atom is -0.396 e. The van der Waals surface area contributed by atoms with E-state index in [0.29, 0.717) is 5.92 Å². The van der Waals surface area contributed by atoms with E-state index in [4.69, 9.17) is 0 Å². The fourth-order valence-electron chi connectivity index (χ4n) is 5.19. The molecule has 0 heterocycles. The maximum absolute atomic E-state index is 10.7. The van der Waals surface area contributed by atoms with Crippen molar-refractivity contribution in [3.63, 3.8) is 0 Å². The second-order valence-electron chi connectivity index (χ2n) is 8.05. The summed E-state index contributed by atoms with van der Waals surface area (Å²) >= 11 is 0. The minimum absolute atomic E-state index is 0.0625. The average molecular weight is 304 g/mol. The summed E-state index contributed by atoms with van der Waals surface area (Å²) in [5, 5.41) is 21.1. The first-order chi connectivity index (χ1) is 10.3. The zero-order chi connectivity index (χ0) is 16.5. The Morgan fingerprint density at radius 1 is 1.41 bits per heavy atom. The van der Waals surface area contributed by atoms with Crippen LogP contribution in [0.2, 0.25) is 0 Å². The number of aliphatic hydroxyl groups excluding tert-OH is 2. The lowest BCUT2D eigenvalue weighted by Gasteiger charge is -2.59. The molecule has 22 heavy (non-hydrogen) atoms. The molecule has 0 aromatic heterocycles. The Kier molecular flexibility index (Phi) is 5.03. The molecule has 124 valence electrons. The first-order valence-corrected chi connectivity index (χ1v) is 8.55. The number of rotatable bonds is 4. The van der Waals surface area contributed by atoms with Gasteiger partial charge in [-0.3, -0.25) is 0 Å². The lowest BCUT2D eigenvalue weighted by molar-refractivity contribution is -0.128. The van der Waals surface area contributed by atoms with Gasteiger partial charge < -0.3 is 10.2 Å². The van der Waals surface area contributed by atoms with Crippen molar-refractivity contribution in [2.24, 2.45) is 22.7 Å². The third kappa shape index (κ3) is 2.83. The van der Waals surface area contributed by atoms with Crippen LogP contribution in [0.15, 0.2) is 36.0 Å². The first-order valence-electron chi connectivity index (χ1n) is 8.55. The molecule has 0 spiro atoms. The second kappa shape index (κ2) is 6.33. The molecule has 2 aliphatic rings. The van der Waals surface area contributed by atoms with E-state index in [1.807, 2.05) is 12.2 Å². The van der Waals surface area contributed by atoms with Gasteiger partial charge in [0.2, 0.25) is 0 Å². The molecular weight excluding hydrogens is 272 g/mol. The number of aliphatic hydroxyl groups is 2.